The molecule has 5 heteroatoms. The van der Waals surface area contributed by atoms with Crippen LogP contribution in [-0.4, -0.2) is 22.4 Å². The number of para-hydroxylation sites is 1. The molecule has 0 radical (unpaired) electrons. The molecule has 0 spiro atoms. The number of halogens is 1. The summed E-state index contributed by atoms with van der Waals surface area (Å²) in [5.41, 5.74) is 4.04. The molecule has 2 heterocycles. The van der Waals surface area contributed by atoms with Crippen LogP contribution < -0.4 is 5.32 Å². The molecule has 4 nitrogen and oxygen atoms in total. The summed E-state index contributed by atoms with van der Waals surface area (Å²) in [6.07, 6.45) is 4.29. The minimum atomic E-state index is -0.206. The maximum absolute atomic E-state index is 12.5. The maximum atomic E-state index is 12.5. The number of fused-ring (bicyclic) bond motifs is 2. The summed E-state index contributed by atoms with van der Waals surface area (Å²) in [6.45, 7) is 4.83. The molecule has 0 fully saturated rings. The Morgan fingerprint density at radius 2 is 1.81 bits per heavy atom. The van der Waals surface area contributed by atoms with E-state index in [1.54, 1.807) is 0 Å². The molecule has 138 valence electrons. The maximum Gasteiger partial charge on any atom is 0.224 e. The van der Waals surface area contributed by atoms with Crippen LogP contribution in [0.2, 0.25) is 5.02 Å². The molecule has 2 aromatic carbocycles. The third-order valence-electron chi connectivity index (χ3n) is 5.13. The standard InChI is InChI=1S/C22H22ClN3O/c1-22(2,18-12-25-20-10-15(23)7-8-17(18)20)13-26-21(27)9-14-11-24-19-6-4-3-5-16(14)19/h3-8,10-12,24-25H,9,13H2,1-2H3,(H,26,27). The molecule has 0 saturated carbocycles. The van der Waals surface area contributed by atoms with E-state index in [1.807, 2.05) is 54.9 Å². The van der Waals surface area contributed by atoms with Crippen LogP contribution >= 0.6 is 11.6 Å². The Morgan fingerprint density at radius 1 is 1.04 bits per heavy atom. The summed E-state index contributed by atoms with van der Waals surface area (Å²) < 4.78 is 0. The zero-order valence-corrected chi connectivity index (χ0v) is 16.2. The van der Waals surface area contributed by atoms with Gasteiger partial charge in [0, 0.05) is 51.2 Å². The molecule has 3 N–H and O–H groups in total. The molecule has 27 heavy (non-hydrogen) atoms. The number of carbonyl (C=O) groups excluding carboxylic acids is 1. The van der Waals surface area contributed by atoms with E-state index in [0.29, 0.717) is 18.0 Å². The van der Waals surface area contributed by atoms with Gasteiger partial charge in [-0.3, -0.25) is 4.79 Å². The molecule has 1 amide bonds. The molecular weight excluding hydrogens is 358 g/mol. The summed E-state index contributed by atoms with van der Waals surface area (Å²) in [4.78, 5) is 19.0. The van der Waals surface area contributed by atoms with Crippen LogP contribution in [0.4, 0.5) is 0 Å². The minimum Gasteiger partial charge on any atom is -0.361 e. The molecule has 0 saturated heterocycles. The first-order valence-electron chi connectivity index (χ1n) is 9.03. The lowest BCUT2D eigenvalue weighted by molar-refractivity contribution is -0.120. The molecule has 0 aliphatic heterocycles. The van der Waals surface area contributed by atoms with Crippen molar-refractivity contribution in [2.24, 2.45) is 0 Å². The summed E-state index contributed by atoms with van der Waals surface area (Å²) in [6, 6.07) is 13.9. The molecule has 0 bridgehead atoms. The molecule has 4 rings (SSSR count). The van der Waals surface area contributed by atoms with Crippen LogP contribution in [0.3, 0.4) is 0 Å². The average molecular weight is 380 g/mol. The SMILES string of the molecule is CC(C)(CNC(=O)Cc1c[nH]c2ccccc12)c1c[nH]c2cc(Cl)ccc12. The quantitative estimate of drug-likeness (QED) is 0.452. The van der Waals surface area contributed by atoms with E-state index in [2.05, 4.69) is 29.1 Å². The van der Waals surface area contributed by atoms with E-state index >= 15 is 0 Å². The fourth-order valence-electron chi connectivity index (χ4n) is 3.59. The van der Waals surface area contributed by atoms with Crippen LogP contribution in [0.5, 0.6) is 0 Å². The Balaban J connectivity index is 1.47. The zero-order valence-electron chi connectivity index (χ0n) is 15.4. The van der Waals surface area contributed by atoms with E-state index in [4.69, 9.17) is 11.6 Å². The number of aromatic nitrogens is 2. The third-order valence-corrected chi connectivity index (χ3v) is 5.36. The Morgan fingerprint density at radius 3 is 2.67 bits per heavy atom. The van der Waals surface area contributed by atoms with Crippen LogP contribution in [0.25, 0.3) is 21.8 Å². The predicted octanol–water partition coefficient (Wildman–Crippen LogP) is 4.94. The number of aromatic amines is 2. The topological polar surface area (TPSA) is 60.7 Å². The van der Waals surface area contributed by atoms with Crippen LogP contribution in [0.15, 0.2) is 54.9 Å². The van der Waals surface area contributed by atoms with E-state index in [-0.39, 0.29) is 11.3 Å². The number of amides is 1. The lowest BCUT2D eigenvalue weighted by Gasteiger charge is -2.25. The van der Waals surface area contributed by atoms with Crippen LogP contribution in [0, 0.1) is 0 Å². The van der Waals surface area contributed by atoms with Gasteiger partial charge in [-0.05, 0) is 29.3 Å². The second-order valence-corrected chi connectivity index (χ2v) is 8.03. The van der Waals surface area contributed by atoms with Gasteiger partial charge in [-0.25, -0.2) is 0 Å². The molecule has 0 unspecified atom stereocenters. The largest absolute Gasteiger partial charge is 0.361 e. The van der Waals surface area contributed by atoms with Gasteiger partial charge >= 0.3 is 0 Å². The smallest absolute Gasteiger partial charge is 0.224 e. The van der Waals surface area contributed by atoms with Crippen LogP contribution in [0.1, 0.15) is 25.0 Å². The number of benzene rings is 2. The van der Waals surface area contributed by atoms with Crippen molar-refractivity contribution < 1.29 is 4.79 Å². The van der Waals surface area contributed by atoms with Crippen molar-refractivity contribution in [3.8, 4) is 0 Å². The fraction of sp³-hybridized carbons (Fsp3) is 0.227. The molecule has 4 aromatic rings. The van der Waals surface area contributed by atoms with Gasteiger partial charge in [-0.15, -0.1) is 0 Å². The summed E-state index contributed by atoms with van der Waals surface area (Å²) in [5, 5.41) is 6.04. The van der Waals surface area contributed by atoms with E-state index in [0.717, 1.165) is 27.4 Å². The van der Waals surface area contributed by atoms with Crippen molar-refractivity contribution in [3.05, 3.63) is 71.0 Å². The first kappa shape index (κ1) is 17.7. The third kappa shape index (κ3) is 3.45. The van der Waals surface area contributed by atoms with Gasteiger partial charge in [-0.2, -0.15) is 0 Å². The minimum absolute atomic E-state index is 0.0238. The van der Waals surface area contributed by atoms with Gasteiger partial charge in [0.15, 0.2) is 0 Å². The van der Waals surface area contributed by atoms with Gasteiger partial charge in [0.05, 0.1) is 6.42 Å². The lowest BCUT2D eigenvalue weighted by atomic mass is 9.84. The number of carbonyl (C=O) groups is 1. The number of nitrogens with one attached hydrogen (secondary N) is 3. The van der Waals surface area contributed by atoms with Crippen LogP contribution in [-0.2, 0) is 16.6 Å². The Bertz CT molecular complexity index is 1120. The van der Waals surface area contributed by atoms with E-state index in [1.165, 1.54) is 5.56 Å². The fourth-order valence-corrected chi connectivity index (χ4v) is 3.76. The molecule has 0 aliphatic rings. The first-order chi connectivity index (χ1) is 12.9. The van der Waals surface area contributed by atoms with E-state index in [9.17, 15) is 4.79 Å². The average Bonchev–Trinajstić information content (AvgIpc) is 3.25. The number of hydrogen-bond donors (Lipinski definition) is 3. The highest BCUT2D eigenvalue weighted by atomic mass is 35.5. The second-order valence-electron chi connectivity index (χ2n) is 7.59. The van der Waals surface area contributed by atoms with Crippen molar-refractivity contribution in [2.75, 3.05) is 6.54 Å². The summed E-state index contributed by atoms with van der Waals surface area (Å²) in [5.74, 6) is 0.0238. The molecular formula is C22H22ClN3O. The number of H-pyrrole nitrogens is 2. The molecule has 2 aromatic heterocycles. The molecule has 0 atom stereocenters. The Labute approximate surface area is 162 Å². The van der Waals surface area contributed by atoms with Crippen molar-refractivity contribution in [1.29, 1.82) is 0 Å². The van der Waals surface area contributed by atoms with Gasteiger partial charge in [0.1, 0.15) is 0 Å². The van der Waals surface area contributed by atoms with Crippen molar-refractivity contribution in [1.82, 2.24) is 15.3 Å². The van der Waals surface area contributed by atoms with Gasteiger partial charge in [0.25, 0.3) is 0 Å². The Kier molecular flexibility index (Phi) is 4.44. The second kappa shape index (κ2) is 6.78. The van der Waals surface area contributed by atoms with Crippen molar-refractivity contribution in [2.45, 2.75) is 25.7 Å². The zero-order chi connectivity index (χ0) is 19.0. The van der Waals surface area contributed by atoms with Gasteiger partial charge in [0.2, 0.25) is 5.91 Å². The van der Waals surface area contributed by atoms with Gasteiger partial charge in [-0.1, -0.05) is 49.7 Å². The highest BCUT2D eigenvalue weighted by Crippen LogP contribution is 2.31. The van der Waals surface area contributed by atoms with Crippen molar-refractivity contribution >= 4 is 39.3 Å². The number of hydrogen-bond acceptors (Lipinski definition) is 1. The monoisotopic (exact) mass is 379 g/mol. The summed E-state index contributed by atoms with van der Waals surface area (Å²) >= 11 is 6.07. The van der Waals surface area contributed by atoms with Gasteiger partial charge < -0.3 is 15.3 Å². The number of rotatable bonds is 5. The highest BCUT2D eigenvalue weighted by Gasteiger charge is 2.25. The van der Waals surface area contributed by atoms with Crippen molar-refractivity contribution in [3.63, 3.8) is 0 Å². The Hall–Kier alpha value is -2.72. The highest BCUT2D eigenvalue weighted by molar-refractivity contribution is 6.31. The predicted molar refractivity (Wildman–Crippen MR) is 111 cm³/mol. The first-order valence-corrected chi connectivity index (χ1v) is 9.41. The molecule has 0 aliphatic carbocycles. The summed E-state index contributed by atoms with van der Waals surface area (Å²) in [7, 11) is 0. The lowest BCUT2D eigenvalue weighted by Crippen LogP contribution is -2.37. The van der Waals surface area contributed by atoms with E-state index < -0.39 is 0 Å². The normalized spacial score (nSPS) is 12.0.